The van der Waals surface area contributed by atoms with Crippen LogP contribution in [0.4, 0.5) is 13.2 Å². The van der Waals surface area contributed by atoms with Crippen molar-refractivity contribution in [1.29, 1.82) is 0 Å². The maximum Gasteiger partial charge on any atom is 0.573 e. The first-order valence-electron chi connectivity index (χ1n) is 8.10. The number of hydrogen-bond acceptors (Lipinski definition) is 6. The number of furan rings is 1. The summed E-state index contributed by atoms with van der Waals surface area (Å²) in [5, 5.41) is 8.51. The van der Waals surface area contributed by atoms with E-state index in [0.717, 1.165) is 0 Å². The van der Waals surface area contributed by atoms with Gasteiger partial charge in [0.1, 0.15) is 11.3 Å². The predicted octanol–water partition coefficient (Wildman–Crippen LogP) is 6.08. The van der Waals surface area contributed by atoms with E-state index in [1.165, 1.54) is 24.1 Å². The number of fused-ring (bicyclic) bond motifs is 1. The van der Waals surface area contributed by atoms with Crippen LogP contribution in [0.1, 0.15) is 5.89 Å². The summed E-state index contributed by atoms with van der Waals surface area (Å²) in [4.78, 5) is 0.385. The summed E-state index contributed by atoms with van der Waals surface area (Å²) in [5.41, 5.74) is 2.44. The number of aromatic nitrogens is 2. The lowest BCUT2D eigenvalue weighted by Gasteiger charge is -2.13. The molecule has 2 heterocycles. The van der Waals surface area contributed by atoms with Gasteiger partial charge in [-0.2, -0.15) is 0 Å². The van der Waals surface area contributed by atoms with E-state index in [1.807, 2.05) is 0 Å². The minimum absolute atomic E-state index is 0.254. The van der Waals surface area contributed by atoms with E-state index in [0.29, 0.717) is 44.3 Å². The number of ether oxygens (including phenoxy) is 1. The van der Waals surface area contributed by atoms with Crippen LogP contribution in [-0.2, 0) is 0 Å². The summed E-state index contributed by atoms with van der Waals surface area (Å²) in [7, 11) is 0. The molecule has 0 saturated heterocycles. The number of benzene rings is 2. The maximum absolute atomic E-state index is 12.8. The second-order valence-corrected chi connectivity index (χ2v) is 6.75. The van der Waals surface area contributed by atoms with Gasteiger partial charge in [0.05, 0.1) is 6.26 Å². The quantitative estimate of drug-likeness (QED) is 0.383. The van der Waals surface area contributed by atoms with Crippen molar-refractivity contribution < 1.29 is 26.7 Å². The number of aryl methyl sites for hydroxylation is 1. The Bertz CT molecular complexity index is 1150. The SMILES string of the molecule is CSc1ccc(-c2coc3ccc(-c4nnc(C)o4)cc23)cc1OC(F)(F)F. The highest BCUT2D eigenvalue weighted by Gasteiger charge is 2.32. The van der Waals surface area contributed by atoms with E-state index in [4.69, 9.17) is 8.83 Å². The molecule has 0 radical (unpaired) electrons. The van der Waals surface area contributed by atoms with Crippen molar-refractivity contribution in [3.05, 3.63) is 48.6 Å². The Morgan fingerprint density at radius 1 is 1.04 bits per heavy atom. The summed E-state index contributed by atoms with van der Waals surface area (Å²) in [6.45, 7) is 1.69. The van der Waals surface area contributed by atoms with Crippen molar-refractivity contribution in [1.82, 2.24) is 10.2 Å². The molecule has 0 fully saturated rings. The Morgan fingerprint density at radius 2 is 1.82 bits per heavy atom. The summed E-state index contributed by atoms with van der Waals surface area (Å²) >= 11 is 1.17. The van der Waals surface area contributed by atoms with E-state index in [-0.39, 0.29) is 5.75 Å². The number of hydrogen-bond donors (Lipinski definition) is 0. The molecule has 0 spiro atoms. The third-order valence-corrected chi connectivity index (χ3v) is 4.82. The first-order chi connectivity index (χ1) is 13.3. The smallest absolute Gasteiger partial charge is 0.464 e. The molecule has 0 aliphatic carbocycles. The van der Waals surface area contributed by atoms with Crippen LogP contribution in [0.5, 0.6) is 5.75 Å². The monoisotopic (exact) mass is 406 g/mol. The van der Waals surface area contributed by atoms with E-state index in [2.05, 4.69) is 14.9 Å². The fourth-order valence-corrected chi connectivity index (χ4v) is 3.35. The van der Waals surface area contributed by atoms with Crippen molar-refractivity contribution in [3.8, 4) is 28.3 Å². The van der Waals surface area contributed by atoms with Crippen molar-refractivity contribution in [2.75, 3.05) is 6.26 Å². The number of halogens is 3. The van der Waals surface area contributed by atoms with Gasteiger partial charge in [0.15, 0.2) is 0 Å². The van der Waals surface area contributed by atoms with Gasteiger partial charge in [0.25, 0.3) is 0 Å². The molecule has 4 rings (SSSR count). The molecule has 0 bridgehead atoms. The van der Waals surface area contributed by atoms with Crippen molar-refractivity contribution in [3.63, 3.8) is 0 Å². The topological polar surface area (TPSA) is 61.3 Å². The number of nitrogens with zero attached hydrogens (tertiary/aromatic N) is 2. The number of thioether (sulfide) groups is 1. The fraction of sp³-hybridized carbons (Fsp3) is 0.158. The van der Waals surface area contributed by atoms with Crippen LogP contribution in [0, 0.1) is 6.92 Å². The van der Waals surface area contributed by atoms with Crippen LogP contribution in [-0.4, -0.2) is 22.8 Å². The zero-order valence-electron chi connectivity index (χ0n) is 14.7. The van der Waals surface area contributed by atoms with Crippen LogP contribution < -0.4 is 4.74 Å². The molecule has 144 valence electrons. The molecule has 4 aromatic rings. The molecule has 0 atom stereocenters. The van der Waals surface area contributed by atoms with Gasteiger partial charge in [-0.1, -0.05) is 6.07 Å². The summed E-state index contributed by atoms with van der Waals surface area (Å²) in [6.07, 6.45) is -1.59. The zero-order valence-corrected chi connectivity index (χ0v) is 15.5. The minimum Gasteiger partial charge on any atom is -0.464 e. The Balaban J connectivity index is 1.81. The van der Waals surface area contributed by atoms with Crippen molar-refractivity contribution >= 4 is 22.7 Å². The maximum atomic E-state index is 12.8. The molecule has 2 aromatic carbocycles. The van der Waals surface area contributed by atoms with Gasteiger partial charge in [-0.3, -0.25) is 0 Å². The van der Waals surface area contributed by atoms with Crippen molar-refractivity contribution in [2.24, 2.45) is 0 Å². The van der Waals surface area contributed by atoms with Gasteiger partial charge in [0.2, 0.25) is 11.8 Å². The van der Waals surface area contributed by atoms with E-state index < -0.39 is 6.36 Å². The standard InChI is InChI=1S/C19H13F3N2O3S/c1-10-23-24-18(26-10)12-3-5-15-13(7-12)14(9-25-15)11-4-6-17(28-2)16(8-11)27-19(20,21)22/h3-9H,1-2H3. The number of alkyl halides is 3. The van der Waals surface area contributed by atoms with E-state index in [9.17, 15) is 13.2 Å². The molecule has 9 heteroatoms. The highest BCUT2D eigenvalue weighted by Crippen LogP contribution is 2.39. The fourth-order valence-electron chi connectivity index (χ4n) is 2.85. The molecular weight excluding hydrogens is 393 g/mol. The molecule has 0 aliphatic rings. The van der Waals surface area contributed by atoms with Gasteiger partial charge in [-0.15, -0.1) is 35.1 Å². The average Bonchev–Trinajstić information content (AvgIpc) is 3.26. The van der Waals surface area contributed by atoms with Crippen LogP contribution in [0.3, 0.4) is 0 Å². The zero-order chi connectivity index (χ0) is 19.9. The van der Waals surface area contributed by atoms with E-state index in [1.54, 1.807) is 43.5 Å². The molecule has 2 aromatic heterocycles. The van der Waals surface area contributed by atoms with Gasteiger partial charge in [0, 0.05) is 28.3 Å². The van der Waals surface area contributed by atoms with Crippen molar-refractivity contribution in [2.45, 2.75) is 18.2 Å². The summed E-state index contributed by atoms with van der Waals surface area (Å²) < 4.78 is 53.5. The van der Waals surface area contributed by atoms with Gasteiger partial charge in [-0.05, 0) is 42.2 Å². The van der Waals surface area contributed by atoms with Crippen LogP contribution in [0.15, 0.2) is 56.4 Å². The minimum atomic E-state index is -4.77. The third-order valence-electron chi connectivity index (χ3n) is 4.05. The third kappa shape index (κ3) is 3.57. The van der Waals surface area contributed by atoms with Gasteiger partial charge < -0.3 is 13.6 Å². The molecular formula is C19H13F3N2O3S. The summed E-state index contributed by atoms with van der Waals surface area (Å²) in [5.74, 6) is 0.532. The second kappa shape index (κ2) is 6.90. The molecule has 0 saturated carbocycles. The van der Waals surface area contributed by atoms with Gasteiger partial charge in [-0.25, -0.2) is 0 Å². The highest BCUT2D eigenvalue weighted by molar-refractivity contribution is 7.98. The molecule has 5 nitrogen and oxygen atoms in total. The average molecular weight is 406 g/mol. The van der Waals surface area contributed by atoms with Crippen LogP contribution in [0.25, 0.3) is 33.6 Å². The predicted molar refractivity (Wildman–Crippen MR) is 98.1 cm³/mol. The number of rotatable bonds is 4. The Morgan fingerprint density at radius 3 is 2.50 bits per heavy atom. The van der Waals surface area contributed by atoms with E-state index >= 15 is 0 Å². The lowest BCUT2D eigenvalue weighted by Crippen LogP contribution is -2.17. The Hall–Kier alpha value is -2.94. The van der Waals surface area contributed by atoms with Crippen LogP contribution in [0.2, 0.25) is 0 Å². The Kier molecular flexibility index (Phi) is 4.54. The van der Waals surface area contributed by atoms with Gasteiger partial charge >= 0.3 is 6.36 Å². The lowest BCUT2D eigenvalue weighted by molar-refractivity contribution is -0.275. The molecule has 28 heavy (non-hydrogen) atoms. The highest BCUT2D eigenvalue weighted by atomic mass is 32.2. The lowest BCUT2D eigenvalue weighted by atomic mass is 10.0. The second-order valence-electron chi connectivity index (χ2n) is 5.90. The summed E-state index contributed by atoms with van der Waals surface area (Å²) in [6, 6.07) is 9.99. The molecule has 0 amide bonds. The largest absolute Gasteiger partial charge is 0.573 e. The Labute approximate surface area is 161 Å². The first-order valence-corrected chi connectivity index (χ1v) is 9.32. The van der Waals surface area contributed by atoms with Crippen LogP contribution >= 0.6 is 11.8 Å². The molecule has 0 N–H and O–H groups in total. The first kappa shape index (κ1) is 18.4. The molecule has 0 aliphatic heterocycles. The normalized spacial score (nSPS) is 11.9. The molecule has 0 unspecified atom stereocenters.